The van der Waals surface area contributed by atoms with Crippen LogP contribution in [-0.4, -0.2) is 20.1 Å². The molecule has 1 heteroatoms. The molecule has 43 valence electrons. The zero-order valence-corrected chi connectivity index (χ0v) is 7.06. The van der Waals surface area contributed by atoms with Crippen LogP contribution in [0, 0.1) is 0 Å². The zero-order chi connectivity index (χ0) is 6.27. The Hall–Kier alpha value is -0.352. The van der Waals surface area contributed by atoms with Crippen LogP contribution in [0.5, 0.6) is 0 Å². The van der Waals surface area contributed by atoms with Crippen LogP contribution in [0.3, 0.4) is 0 Å². The van der Waals surface area contributed by atoms with Crippen LogP contribution in [0.25, 0.3) is 0 Å². The van der Waals surface area contributed by atoms with Gasteiger partial charge in [0, 0.05) is 0 Å². The van der Waals surface area contributed by atoms with E-state index in [1.165, 1.54) is 16.7 Å². The Kier molecular flexibility index (Phi) is 1.10. The molecule has 1 aliphatic carbocycles. The molecule has 0 spiro atoms. The average molecular weight is 177 g/mol. The molecule has 1 aliphatic heterocycles. The first-order valence-corrected chi connectivity index (χ1v) is 4.95. The third-order valence-electron chi connectivity index (χ3n) is 1.45. The third-order valence-corrected chi connectivity index (χ3v) is 3.09. The predicted molar refractivity (Wildman–Crippen MR) is 40.7 cm³/mol. The van der Waals surface area contributed by atoms with E-state index in [0.717, 1.165) is 0 Å². The van der Waals surface area contributed by atoms with Crippen molar-refractivity contribution in [1.29, 1.82) is 0 Å². The van der Waals surface area contributed by atoms with E-state index < -0.39 is 0 Å². The Morgan fingerprint density at radius 1 is 1.44 bits per heavy atom. The molecule has 0 N–H and O–H groups in total. The Bertz CT molecular complexity index is 264. The molecule has 0 aromatic carbocycles. The maximum absolute atomic E-state index is 3.36. The predicted octanol–water partition coefficient (Wildman–Crippen LogP) is 1.15. The van der Waals surface area contributed by atoms with Crippen molar-refractivity contribution in [2.24, 2.45) is 0 Å². The van der Waals surface area contributed by atoms with Crippen LogP contribution in [0.1, 0.15) is 6.92 Å². The molecule has 0 nitrogen and oxygen atoms in total. The van der Waals surface area contributed by atoms with E-state index in [1.54, 1.807) is 0 Å². The summed E-state index contributed by atoms with van der Waals surface area (Å²) in [5, 5.41) is 0. The molecule has 0 unspecified atom stereocenters. The molecule has 0 saturated heterocycles. The quantitative estimate of drug-likeness (QED) is 0.487. The number of hydrogen-bond acceptors (Lipinski definition) is 0. The van der Waals surface area contributed by atoms with Gasteiger partial charge in [0.15, 0.2) is 0 Å². The van der Waals surface area contributed by atoms with Crippen molar-refractivity contribution < 1.29 is 0 Å². The summed E-state index contributed by atoms with van der Waals surface area (Å²) < 4.78 is 0. The van der Waals surface area contributed by atoms with Gasteiger partial charge in [-0.1, -0.05) is 0 Å². The molecule has 0 aromatic heterocycles. The summed E-state index contributed by atoms with van der Waals surface area (Å²) in [6.45, 7) is 2.13. The molecule has 2 rings (SSSR count). The standard InChI is InChI=1S/C8H6As/c1-6-2-7-4-9-5-8(7)3-6/h2-4H,1H3. The van der Waals surface area contributed by atoms with Gasteiger partial charge in [-0.15, -0.1) is 0 Å². The van der Waals surface area contributed by atoms with Crippen molar-refractivity contribution in [2.45, 2.75) is 6.92 Å². The van der Waals surface area contributed by atoms with Gasteiger partial charge < -0.3 is 0 Å². The Morgan fingerprint density at radius 2 is 2.33 bits per heavy atom. The van der Waals surface area contributed by atoms with E-state index in [-0.39, 0.29) is 15.3 Å². The van der Waals surface area contributed by atoms with Crippen LogP contribution in [0.4, 0.5) is 0 Å². The van der Waals surface area contributed by atoms with Crippen molar-refractivity contribution in [3.63, 3.8) is 0 Å². The van der Waals surface area contributed by atoms with Crippen molar-refractivity contribution in [2.75, 3.05) is 0 Å². The van der Waals surface area contributed by atoms with Crippen LogP contribution >= 0.6 is 0 Å². The monoisotopic (exact) mass is 177 g/mol. The fourth-order valence-corrected chi connectivity index (χ4v) is 2.62. The van der Waals surface area contributed by atoms with Crippen LogP contribution < -0.4 is 0 Å². The van der Waals surface area contributed by atoms with E-state index in [1.807, 2.05) is 0 Å². The van der Waals surface area contributed by atoms with E-state index in [2.05, 4.69) is 28.7 Å². The van der Waals surface area contributed by atoms with Gasteiger partial charge >= 0.3 is 60.8 Å². The zero-order valence-electron chi connectivity index (χ0n) is 5.18. The summed E-state index contributed by atoms with van der Waals surface area (Å²) in [6.07, 6.45) is 4.43. The number of allylic oxidation sites excluding steroid dienone is 5. The summed E-state index contributed by atoms with van der Waals surface area (Å²) in [5.74, 6) is 0. The third kappa shape index (κ3) is 0.783. The van der Waals surface area contributed by atoms with Crippen molar-refractivity contribution in [1.82, 2.24) is 0 Å². The number of fused-ring (bicyclic) bond motifs is 1. The molecule has 0 bridgehead atoms. The van der Waals surface area contributed by atoms with Crippen LogP contribution in [0.2, 0.25) is 0 Å². The Morgan fingerprint density at radius 3 is 3.11 bits per heavy atom. The molecule has 0 aromatic rings. The van der Waals surface area contributed by atoms with Gasteiger partial charge in [0.05, 0.1) is 0 Å². The van der Waals surface area contributed by atoms with Gasteiger partial charge in [0.2, 0.25) is 0 Å². The summed E-state index contributed by atoms with van der Waals surface area (Å²) in [5.41, 5.74) is 4.12. The fraction of sp³-hybridized carbons (Fsp3) is 0.125. The second-order valence-electron chi connectivity index (χ2n) is 2.27. The van der Waals surface area contributed by atoms with Crippen molar-refractivity contribution in [3.05, 3.63) is 33.7 Å². The second kappa shape index (κ2) is 1.81. The Labute approximate surface area is 61.2 Å². The number of hydrogen-bond donors (Lipinski definition) is 0. The van der Waals surface area contributed by atoms with Crippen molar-refractivity contribution >= 4 is 20.1 Å². The average Bonchev–Trinajstić information content (AvgIpc) is 2.22. The van der Waals surface area contributed by atoms with Crippen molar-refractivity contribution in [3.8, 4) is 0 Å². The van der Waals surface area contributed by atoms with Gasteiger partial charge in [-0.05, 0) is 0 Å². The maximum atomic E-state index is 3.36. The molecule has 1 heterocycles. The van der Waals surface area contributed by atoms with E-state index >= 15 is 0 Å². The Balaban J connectivity index is 2.53. The second-order valence-corrected chi connectivity index (χ2v) is 3.82. The molecule has 0 saturated carbocycles. The topological polar surface area (TPSA) is 0 Å². The van der Waals surface area contributed by atoms with E-state index in [9.17, 15) is 0 Å². The summed E-state index contributed by atoms with van der Waals surface area (Å²) >= 11 is 0.287. The van der Waals surface area contributed by atoms with Crippen LogP contribution in [-0.2, 0) is 0 Å². The van der Waals surface area contributed by atoms with Gasteiger partial charge in [-0.25, -0.2) is 0 Å². The molecule has 0 fully saturated rings. The van der Waals surface area contributed by atoms with Gasteiger partial charge in [0.1, 0.15) is 0 Å². The van der Waals surface area contributed by atoms with E-state index in [4.69, 9.17) is 0 Å². The molecule has 0 amide bonds. The van der Waals surface area contributed by atoms with Gasteiger partial charge in [0.25, 0.3) is 0 Å². The molecule has 2 aliphatic rings. The minimum atomic E-state index is 0.287. The molecule has 9 heavy (non-hydrogen) atoms. The molecular formula is C8H6As. The normalized spacial score (nSPS) is 23.0. The first-order chi connectivity index (χ1) is 4.36. The van der Waals surface area contributed by atoms with Gasteiger partial charge in [-0.3, -0.25) is 0 Å². The molecular weight excluding hydrogens is 171 g/mol. The summed E-state index contributed by atoms with van der Waals surface area (Å²) in [7, 11) is 0. The van der Waals surface area contributed by atoms with Gasteiger partial charge in [-0.2, -0.15) is 0 Å². The first kappa shape index (κ1) is 5.43. The SMILES string of the molecule is CC1=CC2=C[As]=[C]C2=C1. The summed E-state index contributed by atoms with van der Waals surface area (Å²) in [4.78, 5) is 5.66. The summed E-state index contributed by atoms with van der Waals surface area (Å²) in [6, 6.07) is 0. The molecule has 0 atom stereocenters. The van der Waals surface area contributed by atoms with E-state index in [0.29, 0.717) is 0 Å². The molecule has 1 radical (unpaired) electrons. The number of rotatable bonds is 0. The van der Waals surface area contributed by atoms with Crippen LogP contribution in [0.15, 0.2) is 33.7 Å². The minimum absolute atomic E-state index is 0.287. The fourth-order valence-electron chi connectivity index (χ4n) is 1.05. The first-order valence-electron chi connectivity index (χ1n) is 2.93.